The Morgan fingerprint density at radius 3 is 2.74 bits per heavy atom. The number of carbonyl (C=O) groups is 1. The van der Waals surface area contributed by atoms with E-state index in [9.17, 15) is 4.79 Å². The van der Waals surface area contributed by atoms with Crippen molar-refractivity contribution in [3.63, 3.8) is 0 Å². The first kappa shape index (κ1) is 20.1. The van der Waals surface area contributed by atoms with E-state index < -0.39 is 0 Å². The molecule has 2 heterocycles. The predicted molar refractivity (Wildman–Crippen MR) is 114 cm³/mol. The summed E-state index contributed by atoms with van der Waals surface area (Å²) in [5.41, 5.74) is 7.74. The van der Waals surface area contributed by atoms with Crippen molar-refractivity contribution in [2.24, 2.45) is 5.73 Å². The fourth-order valence-corrected chi connectivity index (χ4v) is 4.73. The topological polar surface area (TPSA) is 72.9 Å². The molecule has 1 aliphatic carbocycles. The van der Waals surface area contributed by atoms with Crippen LogP contribution in [0.1, 0.15) is 41.0 Å². The third-order valence-electron chi connectivity index (χ3n) is 4.93. The standard InChI is InChI=1S/C19H21ClN4OS.ClH/c1-11-16-10-17(18(25)22-14-7-5-13(21)6-8-14)26-19(16)24(23-11)15-4-2-3-12(20)9-15;/h2-4,9-10,13-14H,5-8,21H2,1H3,(H,22,25);1H. The molecule has 0 spiro atoms. The molecule has 1 aliphatic rings. The molecular weight excluding hydrogens is 403 g/mol. The number of rotatable bonds is 3. The summed E-state index contributed by atoms with van der Waals surface area (Å²) in [7, 11) is 0. The van der Waals surface area contributed by atoms with Crippen LogP contribution in [0.4, 0.5) is 0 Å². The second-order valence-electron chi connectivity index (χ2n) is 6.89. The Hall–Kier alpha value is -1.60. The van der Waals surface area contributed by atoms with E-state index in [2.05, 4.69) is 10.4 Å². The molecule has 2 aromatic heterocycles. The minimum absolute atomic E-state index is 0. The highest BCUT2D eigenvalue weighted by molar-refractivity contribution is 7.20. The Labute approximate surface area is 173 Å². The third-order valence-corrected chi connectivity index (χ3v) is 6.27. The summed E-state index contributed by atoms with van der Waals surface area (Å²) in [4.78, 5) is 14.4. The third kappa shape index (κ3) is 4.14. The van der Waals surface area contributed by atoms with Gasteiger partial charge < -0.3 is 11.1 Å². The van der Waals surface area contributed by atoms with Crippen LogP contribution in [0.25, 0.3) is 15.9 Å². The van der Waals surface area contributed by atoms with Crippen LogP contribution < -0.4 is 11.1 Å². The number of carbonyl (C=O) groups excluding carboxylic acids is 1. The van der Waals surface area contributed by atoms with Crippen LogP contribution in [0.15, 0.2) is 30.3 Å². The fraction of sp³-hybridized carbons (Fsp3) is 0.368. The lowest BCUT2D eigenvalue weighted by Crippen LogP contribution is -2.40. The van der Waals surface area contributed by atoms with Crippen LogP contribution in [0.5, 0.6) is 0 Å². The van der Waals surface area contributed by atoms with Crippen molar-refractivity contribution in [3.05, 3.63) is 45.9 Å². The van der Waals surface area contributed by atoms with Gasteiger partial charge in [-0.25, -0.2) is 4.68 Å². The summed E-state index contributed by atoms with van der Waals surface area (Å²) in [6.07, 6.45) is 3.85. The summed E-state index contributed by atoms with van der Waals surface area (Å²) >= 11 is 7.58. The molecule has 4 rings (SSSR count). The lowest BCUT2D eigenvalue weighted by Gasteiger charge is -2.26. The number of benzene rings is 1. The summed E-state index contributed by atoms with van der Waals surface area (Å²) in [6.45, 7) is 1.96. The van der Waals surface area contributed by atoms with Gasteiger partial charge >= 0.3 is 0 Å². The van der Waals surface area contributed by atoms with E-state index in [0.29, 0.717) is 9.90 Å². The molecule has 144 valence electrons. The van der Waals surface area contributed by atoms with Gasteiger partial charge in [0.05, 0.1) is 16.3 Å². The number of thiophene rings is 1. The molecule has 0 saturated heterocycles. The van der Waals surface area contributed by atoms with E-state index in [0.717, 1.165) is 47.3 Å². The molecule has 0 unspecified atom stereocenters. The molecule has 0 aliphatic heterocycles. The fourth-order valence-electron chi connectivity index (χ4n) is 3.46. The van der Waals surface area contributed by atoms with Crippen LogP contribution >= 0.6 is 35.3 Å². The van der Waals surface area contributed by atoms with Gasteiger partial charge in [-0.3, -0.25) is 4.79 Å². The first-order chi connectivity index (χ1) is 12.5. The van der Waals surface area contributed by atoms with E-state index in [1.807, 2.05) is 41.9 Å². The minimum atomic E-state index is -0.0104. The Kier molecular flexibility index (Phi) is 6.11. The van der Waals surface area contributed by atoms with Gasteiger partial charge in [-0.1, -0.05) is 17.7 Å². The van der Waals surface area contributed by atoms with Gasteiger partial charge in [0.25, 0.3) is 5.91 Å². The van der Waals surface area contributed by atoms with Crippen molar-refractivity contribution in [2.45, 2.75) is 44.7 Å². The average molecular weight is 425 g/mol. The number of amides is 1. The van der Waals surface area contributed by atoms with Gasteiger partial charge in [0.2, 0.25) is 0 Å². The van der Waals surface area contributed by atoms with Crippen molar-refractivity contribution in [2.75, 3.05) is 0 Å². The van der Waals surface area contributed by atoms with E-state index in [-0.39, 0.29) is 30.4 Å². The number of aryl methyl sites for hydroxylation is 1. The summed E-state index contributed by atoms with van der Waals surface area (Å²) in [5, 5.41) is 9.43. The molecule has 1 fully saturated rings. The monoisotopic (exact) mass is 424 g/mol. The Balaban J connectivity index is 0.00000210. The zero-order chi connectivity index (χ0) is 18.3. The number of halogens is 2. The number of aromatic nitrogens is 2. The quantitative estimate of drug-likeness (QED) is 0.650. The maximum Gasteiger partial charge on any atom is 0.261 e. The highest BCUT2D eigenvalue weighted by Crippen LogP contribution is 2.31. The molecule has 1 amide bonds. The number of hydrogen-bond donors (Lipinski definition) is 2. The Morgan fingerprint density at radius 2 is 2.04 bits per heavy atom. The van der Waals surface area contributed by atoms with E-state index >= 15 is 0 Å². The smallest absolute Gasteiger partial charge is 0.261 e. The maximum absolute atomic E-state index is 12.7. The van der Waals surface area contributed by atoms with Gasteiger partial charge in [-0.15, -0.1) is 23.7 Å². The molecule has 27 heavy (non-hydrogen) atoms. The average Bonchev–Trinajstić information content (AvgIpc) is 3.18. The van der Waals surface area contributed by atoms with Crippen LogP contribution in [-0.4, -0.2) is 27.8 Å². The summed E-state index contributed by atoms with van der Waals surface area (Å²) < 4.78 is 1.86. The highest BCUT2D eigenvalue weighted by atomic mass is 35.5. The van der Waals surface area contributed by atoms with Gasteiger partial charge in [0.1, 0.15) is 4.83 Å². The first-order valence-electron chi connectivity index (χ1n) is 8.83. The minimum Gasteiger partial charge on any atom is -0.349 e. The number of nitrogens with one attached hydrogen (secondary N) is 1. The van der Waals surface area contributed by atoms with E-state index in [4.69, 9.17) is 17.3 Å². The number of nitrogens with zero attached hydrogens (tertiary/aromatic N) is 2. The number of nitrogens with two attached hydrogens (primary N) is 1. The lowest BCUT2D eigenvalue weighted by atomic mass is 9.92. The van der Waals surface area contributed by atoms with Crippen molar-refractivity contribution < 1.29 is 4.79 Å². The molecule has 0 atom stereocenters. The Morgan fingerprint density at radius 1 is 1.30 bits per heavy atom. The summed E-state index contributed by atoms with van der Waals surface area (Å²) in [6, 6.07) is 10.0. The highest BCUT2D eigenvalue weighted by Gasteiger charge is 2.22. The maximum atomic E-state index is 12.7. The van der Waals surface area contributed by atoms with Crippen LogP contribution in [-0.2, 0) is 0 Å². The van der Waals surface area contributed by atoms with E-state index in [1.54, 1.807) is 0 Å². The molecular formula is C19H22Cl2N4OS. The van der Waals surface area contributed by atoms with Crippen molar-refractivity contribution >= 4 is 51.5 Å². The largest absolute Gasteiger partial charge is 0.349 e. The van der Waals surface area contributed by atoms with E-state index in [1.165, 1.54) is 11.3 Å². The molecule has 1 saturated carbocycles. The van der Waals surface area contributed by atoms with Gasteiger partial charge in [0, 0.05) is 22.5 Å². The predicted octanol–water partition coefficient (Wildman–Crippen LogP) is 4.47. The van der Waals surface area contributed by atoms with Crippen molar-refractivity contribution in [1.82, 2.24) is 15.1 Å². The molecule has 1 aromatic carbocycles. The molecule has 5 nitrogen and oxygen atoms in total. The molecule has 3 aromatic rings. The van der Waals surface area contributed by atoms with Crippen LogP contribution in [0.2, 0.25) is 5.02 Å². The van der Waals surface area contributed by atoms with Gasteiger partial charge in [-0.05, 0) is 56.9 Å². The lowest BCUT2D eigenvalue weighted by molar-refractivity contribution is 0.0930. The molecule has 8 heteroatoms. The number of fused-ring (bicyclic) bond motifs is 1. The summed E-state index contributed by atoms with van der Waals surface area (Å²) in [5.74, 6) is -0.0104. The second kappa shape index (κ2) is 8.19. The van der Waals surface area contributed by atoms with Gasteiger partial charge in [-0.2, -0.15) is 5.10 Å². The van der Waals surface area contributed by atoms with Crippen molar-refractivity contribution in [1.29, 1.82) is 0 Å². The molecule has 0 radical (unpaired) electrons. The molecule has 0 bridgehead atoms. The number of hydrogen-bond acceptors (Lipinski definition) is 4. The zero-order valence-corrected chi connectivity index (χ0v) is 17.3. The Bertz CT molecular complexity index is 960. The van der Waals surface area contributed by atoms with Crippen LogP contribution in [0, 0.1) is 6.92 Å². The zero-order valence-electron chi connectivity index (χ0n) is 14.9. The van der Waals surface area contributed by atoms with Crippen molar-refractivity contribution in [3.8, 4) is 5.69 Å². The second-order valence-corrected chi connectivity index (χ2v) is 8.36. The first-order valence-corrected chi connectivity index (χ1v) is 10.0. The van der Waals surface area contributed by atoms with Gasteiger partial charge in [0.15, 0.2) is 0 Å². The SMILES string of the molecule is Cc1nn(-c2cccc(Cl)c2)c2sc(C(=O)NC3CCC(N)CC3)cc12.Cl. The molecule has 3 N–H and O–H groups in total. The normalized spacial score (nSPS) is 19.7. The van der Waals surface area contributed by atoms with Crippen LogP contribution in [0.3, 0.4) is 0 Å².